The van der Waals surface area contributed by atoms with Crippen molar-refractivity contribution in [2.75, 3.05) is 18.1 Å². The number of ether oxygens (including phenoxy) is 1. The summed E-state index contributed by atoms with van der Waals surface area (Å²) in [6.45, 7) is 5.44. The lowest BCUT2D eigenvalue weighted by Crippen LogP contribution is -2.36. The van der Waals surface area contributed by atoms with Crippen molar-refractivity contribution in [2.45, 2.75) is 39.7 Å². The summed E-state index contributed by atoms with van der Waals surface area (Å²) >= 11 is 0. The van der Waals surface area contributed by atoms with Gasteiger partial charge in [0.25, 0.3) is 11.5 Å². The van der Waals surface area contributed by atoms with Crippen LogP contribution < -0.4 is 15.2 Å². The quantitative estimate of drug-likeness (QED) is 0.839. The van der Waals surface area contributed by atoms with E-state index in [0.717, 1.165) is 30.6 Å². The Labute approximate surface area is 147 Å². The molecule has 1 aromatic heterocycles. The van der Waals surface area contributed by atoms with E-state index in [9.17, 15) is 9.59 Å². The Bertz CT molecular complexity index is 812. The first-order chi connectivity index (χ1) is 12.2. The number of amides is 1. The van der Waals surface area contributed by atoms with Gasteiger partial charge < -0.3 is 14.2 Å². The van der Waals surface area contributed by atoms with Crippen molar-refractivity contribution >= 4 is 11.6 Å². The van der Waals surface area contributed by atoms with Gasteiger partial charge >= 0.3 is 0 Å². The van der Waals surface area contributed by atoms with Gasteiger partial charge in [-0.1, -0.05) is 18.2 Å². The lowest BCUT2D eigenvalue weighted by Gasteiger charge is -2.27. The zero-order valence-corrected chi connectivity index (χ0v) is 14.8. The first-order valence-electron chi connectivity index (χ1n) is 8.93. The third kappa shape index (κ3) is 3.31. The number of para-hydroxylation sites is 1. The van der Waals surface area contributed by atoms with E-state index in [1.54, 1.807) is 9.47 Å². The predicted octanol–water partition coefficient (Wildman–Crippen LogP) is 3.25. The van der Waals surface area contributed by atoms with Gasteiger partial charge in [-0.05, 0) is 45.2 Å². The highest BCUT2D eigenvalue weighted by atomic mass is 16.5. The number of hydrogen-bond donors (Lipinski definition) is 0. The Balaban J connectivity index is 2.14. The summed E-state index contributed by atoms with van der Waals surface area (Å²) in [6.07, 6.45) is 2.67. The van der Waals surface area contributed by atoms with Crippen LogP contribution in [0, 0.1) is 0 Å². The molecule has 0 bridgehead atoms. The molecule has 3 rings (SSSR count). The molecule has 0 radical (unpaired) electrons. The van der Waals surface area contributed by atoms with Gasteiger partial charge in [-0.2, -0.15) is 0 Å². The molecule has 1 aliphatic rings. The van der Waals surface area contributed by atoms with Crippen molar-refractivity contribution < 1.29 is 9.53 Å². The fourth-order valence-corrected chi connectivity index (χ4v) is 3.42. The van der Waals surface area contributed by atoms with Crippen molar-refractivity contribution in [3.8, 4) is 5.75 Å². The molecule has 5 heteroatoms. The molecule has 2 aromatic rings. The van der Waals surface area contributed by atoms with Crippen LogP contribution in [0.25, 0.3) is 0 Å². The van der Waals surface area contributed by atoms with Crippen LogP contribution in [0.15, 0.2) is 41.2 Å². The van der Waals surface area contributed by atoms with E-state index in [1.165, 1.54) is 6.07 Å². The van der Waals surface area contributed by atoms with Gasteiger partial charge in [0.15, 0.2) is 0 Å². The highest BCUT2D eigenvalue weighted by molar-refractivity contribution is 6.08. The minimum Gasteiger partial charge on any atom is -0.493 e. The number of benzene rings is 1. The molecule has 0 atom stereocenters. The Morgan fingerprint density at radius 3 is 2.64 bits per heavy atom. The number of anilines is 1. The van der Waals surface area contributed by atoms with E-state index >= 15 is 0 Å². The molecule has 25 heavy (non-hydrogen) atoms. The average Bonchev–Trinajstić information content (AvgIpc) is 2.64. The number of rotatable bonds is 5. The maximum atomic E-state index is 13.4. The summed E-state index contributed by atoms with van der Waals surface area (Å²) in [5, 5.41) is 0. The molecule has 0 spiro atoms. The standard InChI is InChI=1S/C20H24N2O3/c1-3-21(15-10-6-5-7-11-15)20(24)19-16-12-8-9-13-22(16)18(23)14-17(19)25-4-2/h5-7,10-11,14H,3-4,8-9,12-13H2,1-2H3. The second kappa shape index (κ2) is 7.55. The van der Waals surface area contributed by atoms with Crippen LogP contribution in [0.4, 0.5) is 5.69 Å². The molecule has 0 saturated heterocycles. The molecular formula is C20H24N2O3. The fraction of sp³-hybridized carbons (Fsp3) is 0.400. The Morgan fingerprint density at radius 1 is 1.20 bits per heavy atom. The number of carbonyl (C=O) groups excluding carboxylic acids is 1. The Morgan fingerprint density at radius 2 is 1.96 bits per heavy atom. The average molecular weight is 340 g/mol. The summed E-state index contributed by atoms with van der Waals surface area (Å²) in [7, 11) is 0. The molecule has 1 amide bonds. The monoisotopic (exact) mass is 340 g/mol. The van der Waals surface area contributed by atoms with Crippen molar-refractivity contribution in [3.05, 3.63) is 58.0 Å². The SMILES string of the molecule is CCOc1cc(=O)n2c(c1C(=O)N(CC)c1ccccc1)CCCC2. The van der Waals surface area contributed by atoms with E-state index in [2.05, 4.69) is 0 Å². The minimum atomic E-state index is -0.109. The summed E-state index contributed by atoms with van der Waals surface area (Å²) in [6, 6.07) is 11.1. The molecule has 0 N–H and O–H groups in total. The van der Waals surface area contributed by atoms with Crippen LogP contribution >= 0.6 is 0 Å². The number of pyridine rings is 1. The molecule has 1 aliphatic heterocycles. The van der Waals surface area contributed by atoms with E-state index in [-0.39, 0.29) is 11.5 Å². The van der Waals surface area contributed by atoms with Gasteiger partial charge in [-0.15, -0.1) is 0 Å². The van der Waals surface area contributed by atoms with Gasteiger partial charge in [-0.3, -0.25) is 9.59 Å². The first kappa shape index (κ1) is 17.3. The third-order valence-corrected chi connectivity index (χ3v) is 4.57. The number of aromatic nitrogens is 1. The molecule has 0 fully saturated rings. The maximum Gasteiger partial charge on any atom is 0.263 e. The van der Waals surface area contributed by atoms with Crippen LogP contribution in [0.2, 0.25) is 0 Å². The smallest absolute Gasteiger partial charge is 0.263 e. The number of nitrogens with zero attached hydrogens (tertiary/aromatic N) is 2. The van der Waals surface area contributed by atoms with Gasteiger partial charge in [0.1, 0.15) is 11.3 Å². The minimum absolute atomic E-state index is 0.0857. The van der Waals surface area contributed by atoms with E-state index < -0.39 is 0 Å². The van der Waals surface area contributed by atoms with Gasteiger partial charge in [0, 0.05) is 30.5 Å². The molecule has 5 nitrogen and oxygen atoms in total. The molecule has 0 unspecified atom stereocenters. The predicted molar refractivity (Wildman–Crippen MR) is 98.6 cm³/mol. The van der Waals surface area contributed by atoms with Crippen LogP contribution in [0.5, 0.6) is 5.75 Å². The first-order valence-corrected chi connectivity index (χ1v) is 8.93. The fourth-order valence-electron chi connectivity index (χ4n) is 3.42. The number of hydrogen-bond acceptors (Lipinski definition) is 3. The van der Waals surface area contributed by atoms with E-state index in [0.29, 0.717) is 31.0 Å². The normalized spacial score (nSPS) is 13.2. The molecule has 132 valence electrons. The summed E-state index contributed by atoms with van der Waals surface area (Å²) in [5.41, 5.74) is 2.10. The van der Waals surface area contributed by atoms with Gasteiger partial charge in [0.05, 0.1) is 6.61 Å². The largest absolute Gasteiger partial charge is 0.493 e. The van der Waals surface area contributed by atoms with Crippen molar-refractivity contribution in [2.24, 2.45) is 0 Å². The Hall–Kier alpha value is -2.56. The van der Waals surface area contributed by atoms with Crippen LogP contribution in [-0.4, -0.2) is 23.6 Å². The number of fused-ring (bicyclic) bond motifs is 1. The molecule has 0 saturated carbocycles. The zero-order chi connectivity index (χ0) is 17.8. The van der Waals surface area contributed by atoms with Crippen LogP contribution in [0.3, 0.4) is 0 Å². The van der Waals surface area contributed by atoms with Crippen LogP contribution in [-0.2, 0) is 13.0 Å². The zero-order valence-electron chi connectivity index (χ0n) is 14.8. The van der Waals surface area contributed by atoms with Crippen LogP contribution in [0.1, 0.15) is 42.7 Å². The maximum absolute atomic E-state index is 13.4. The van der Waals surface area contributed by atoms with E-state index in [4.69, 9.17) is 4.74 Å². The van der Waals surface area contributed by atoms with Crippen molar-refractivity contribution in [3.63, 3.8) is 0 Å². The second-order valence-corrected chi connectivity index (χ2v) is 6.10. The highest BCUT2D eigenvalue weighted by Crippen LogP contribution is 2.28. The second-order valence-electron chi connectivity index (χ2n) is 6.10. The highest BCUT2D eigenvalue weighted by Gasteiger charge is 2.27. The summed E-state index contributed by atoms with van der Waals surface area (Å²) in [4.78, 5) is 27.5. The third-order valence-electron chi connectivity index (χ3n) is 4.57. The topological polar surface area (TPSA) is 51.5 Å². The summed E-state index contributed by atoms with van der Waals surface area (Å²) < 4.78 is 7.41. The Kier molecular flexibility index (Phi) is 5.22. The molecule has 0 aliphatic carbocycles. The lowest BCUT2D eigenvalue weighted by atomic mass is 10.0. The molecule has 1 aromatic carbocycles. The van der Waals surface area contributed by atoms with Gasteiger partial charge in [-0.25, -0.2) is 0 Å². The van der Waals surface area contributed by atoms with Crippen molar-refractivity contribution in [1.29, 1.82) is 0 Å². The lowest BCUT2D eigenvalue weighted by molar-refractivity contribution is 0.0982. The number of carbonyl (C=O) groups is 1. The molecule has 2 heterocycles. The van der Waals surface area contributed by atoms with Crippen molar-refractivity contribution in [1.82, 2.24) is 4.57 Å². The molecular weight excluding hydrogens is 316 g/mol. The van der Waals surface area contributed by atoms with Gasteiger partial charge in [0.2, 0.25) is 0 Å². The van der Waals surface area contributed by atoms with E-state index in [1.807, 2.05) is 44.2 Å². The summed E-state index contributed by atoms with van der Waals surface area (Å²) in [5.74, 6) is 0.294.